The second-order valence-electron chi connectivity index (χ2n) is 7.15. The normalized spacial score (nSPS) is 10.8. The molecular formula is C23H43NO. The lowest BCUT2D eigenvalue weighted by Gasteiger charge is -2.17. The highest BCUT2D eigenvalue weighted by Gasteiger charge is 1.98. The van der Waals surface area contributed by atoms with Crippen LogP contribution in [0.15, 0.2) is 30.3 Å². The van der Waals surface area contributed by atoms with Crippen LogP contribution in [0.5, 0.6) is 0 Å². The quantitative estimate of drug-likeness (QED) is 0.335. The van der Waals surface area contributed by atoms with E-state index >= 15 is 0 Å². The average molecular weight is 350 g/mol. The predicted molar refractivity (Wildman–Crippen MR) is 112 cm³/mol. The fraction of sp³-hybridized carbons (Fsp3) is 0.739. The van der Waals surface area contributed by atoms with E-state index in [0.717, 1.165) is 0 Å². The van der Waals surface area contributed by atoms with E-state index in [2.05, 4.69) is 49.1 Å². The molecule has 1 aromatic rings. The molecule has 0 atom stereocenters. The van der Waals surface area contributed by atoms with Crippen molar-refractivity contribution in [2.45, 2.75) is 90.9 Å². The summed E-state index contributed by atoms with van der Waals surface area (Å²) in [5, 5.41) is 0. The van der Waals surface area contributed by atoms with Gasteiger partial charge in [-0.1, -0.05) is 102 Å². The van der Waals surface area contributed by atoms with Gasteiger partial charge in [-0.25, -0.2) is 0 Å². The predicted octanol–water partition coefficient (Wildman–Crippen LogP) is 6.04. The average Bonchev–Trinajstić information content (AvgIpc) is 2.63. The minimum absolute atomic E-state index is 0. The first-order chi connectivity index (χ1) is 11.9. The van der Waals surface area contributed by atoms with Crippen molar-refractivity contribution in [2.24, 2.45) is 0 Å². The Morgan fingerprint density at radius 2 is 1.04 bits per heavy atom. The van der Waals surface area contributed by atoms with Gasteiger partial charge in [0, 0.05) is 0 Å². The van der Waals surface area contributed by atoms with Crippen molar-refractivity contribution >= 4 is 0 Å². The summed E-state index contributed by atoms with van der Waals surface area (Å²) in [7, 11) is 0. The topological polar surface area (TPSA) is 34.7 Å². The van der Waals surface area contributed by atoms with E-state index in [1.165, 1.54) is 102 Å². The van der Waals surface area contributed by atoms with Gasteiger partial charge in [0.25, 0.3) is 0 Å². The summed E-state index contributed by atoms with van der Waals surface area (Å²) in [4.78, 5) is 2.54. The largest absolute Gasteiger partial charge is 0.412 e. The van der Waals surface area contributed by atoms with Gasteiger partial charge in [-0.15, -0.1) is 0 Å². The molecule has 0 spiro atoms. The number of unbranched alkanes of at least 4 members (excludes halogenated alkanes) is 10. The molecular weight excluding hydrogens is 306 g/mol. The SMILES string of the molecule is CCN(CC)CCCCCCCCCCCCCc1ccccc1.O. The van der Waals surface area contributed by atoms with Gasteiger partial charge in [0.05, 0.1) is 0 Å². The van der Waals surface area contributed by atoms with Crippen LogP contribution in [0.2, 0.25) is 0 Å². The number of benzene rings is 1. The molecule has 2 N–H and O–H groups in total. The molecule has 2 heteroatoms. The Morgan fingerprint density at radius 1 is 0.600 bits per heavy atom. The summed E-state index contributed by atoms with van der Waals surface area (Å²) >= 11 is 0. The highest BCUT2D eigenvalue weighted by molar-refractivity contribution is 5.14. The Labute approximate surface area is 157 Å². The van der Waals surface area contributed by atoms with Crippen molar-refractivity contribution in [3.05, 3.63) is 35.9 Å². The highest BCUT2D eigenvalue weighted by Crippen LogP contribution is 2.13. The van der Waals surface area contributed by atoms with Crippen LogP contribution in [0, 0.1) is 0 Å². The van der Waals surface area contributed by atoms with E-state index in [9.17, 15) is 0 Å². The van der Waals surface area contributed by atoms with Gasteiger partial charge in [-0.05, 0) is 44.5 Å². The van der Waals surface area contributed by atoms with Gasteiger partial charge in [-0.2, -0.15) is 0 Å². The van der Waals surface area contributed by atoms with Crippen molar-refractivity contribution < 1.29 is 5.48 Å². The summed E-state index contributed by atoms with van der Waals surface area (Å²) in [6.07, 6.45) is 17.0. The van der Waals surface area contributed by atoms with Crippen molar-refractivity contribution in [1.82, 2.24) is 4.90 Å². The number of nitrogens with zero attached hydrogens (tertiary/aromatic N) is 1. The third-order valence-electron chi connectivity index (χ3n) is 5.18. The molecule has 0 aliphatic carbocycles. The maximum Gasteiger partial charge on any atom is -0.00190 e. The van der Waals surface area contributed by atoms with Gasteiger partial charge in [0.1, 0.15) is 0 Å². The van der Waals surface area contributed by atoms with Crippen LogP contribution < -0.4 is 0 Å². The maximum atomic E-state index is 2.54. The van der Waals surface area contributed by atoms with E-state index in [-0.39, 0.29) is 5.48 Å². The fourth-order valence-corrected chi connectivity index (χ4v) is 3.44. The summed E-state index contributed by atoms with van der Waals surface area (Å²) in [6.45, 7) is 8.26. The molecule has 146 valence electrons. The van der Waals surface area contributed by atoms with Gasteiger partial charge in [-0.3, -0.25) is 0 Å². The number of hydrogen-bond acceptors (Lipinski definition) is 1. The Morgan fingerprint density at radius 3 is 1.52 bits per heavy atom. The summed E-state index contributed by atoms with van der Waals surface area (Å²) in [5.41, 5.74) is 1.50. The molecule has 0 bridgehead atoms. The monoisotopic (exact) mass is 349 g/mol. The Balaban J connectivity index is 0.00000576. The van der Waals surface area contributed by atoms with Crippen molar-refractivity contribution in [3.63, 3.8) is 0 Å². The van der Waals surface area contributed by atoms with Crippen molar-refractivity contribution in [3.8, 4) is 0 Å². The van der Waals surface area contributed by atoms with Gasteiger partial charge >= 0.3 is 0 Å². The number of rotatable bonds is 16. The Kier molecular flexibility index (Phi) is 17.3. The van der Waals surface area contributed by atoms with Crippen LogP contribution in [0.1, 0.15) is 90.0 Å². The minimum atomic E-state index is 0. The maximum absolute atomic E-state index is 2.54. The van der Waals surface area contributed by atoms with E-state index in [4.69, 9.17) is 0 Å². The third kappa shape index (κ3) is 14.0. The molecule has 1 rings (SSSR count). The summed E-state index contributed by atoms with van der Waals surface area (Å²) in [6, 6.07) is 10.9. The zero-order chi connectivity index (χ0) is 17.3. The van der Waals surface area contributed by atoms with Crippen LogP contribution in [0.25, 0.3) is 0 Å². The van der Waals surface area contributed by atoms with E-state index in [1.807, 2.05) is 0 Å². The molecule has 0 heterocycles. The molecule has 0 aliphatic heterocycles. The Hall–Kier alpha value is -0.860. The number of hydrogen-bond donors (Lipinski definition) is 0. The first kappa shape index (κ1) is 24.1. The second kappa shape index (κ2) is 17.9. The zero-order valence-corrected chi connectivity index (χ0v) is 16.9. The molecule has 25 heavy (non-hydrogen) atoms. The van der Waals surface area contributed by atoms with Gasteiger partial charge in [0.15, 0.2) is 0 Å². The first-order valence-corrected chi connectivity index (χ1v) is 10.6. The smallest absolute Gasteiger partial charge is 0.00190 e. The Bertz CT molecular complexity index is 362. The first-order valence-electron chi connectivity index (χ1n) is 10.6. The van der Waals surface area contributed by atoms with Crippen LogP contribution >= 0.6 is 0 Å². The minimum Gasteiger partial charge on any atom is -0.412 e. The van der Waals surface area contributed by atoms with Crippen LogP contribution in [0.3, 0.4) is 0 Å². The molecule has 1 aromatic carbocycles. The lowest BCUT2D eigenvalue weighted by molar-refractivity contribution is 0.295. The van der Waals surface area contributed by atoms with E-state index in [1.54, 1.807) is 0 Å². The molecule has 0 aromatic heterocycles. The van der Waals surface area contributed by atoms with Crippen LogP contribution in [-0.2, 0) is 6.42 Å². The lowest BCUT2D eigenvalue weighted by atomic mass is 10.0. The molecule has 0 saturated carbocycles. The summed E-state index contributed by atoms with van der Waals surface area (Å²) in [5.74, 6) is 0. The van der Waals surface area contributed by atoms with Crippen LogP contribution in [0.4, 0.5) is 0 Å². The molecule has 0 radical (unpaired) electrons. The van der Waals surface area contributed by atoms with Crippen molar-refractivity contribution in [1.29, 1.82) is 0 Å². The van der Waals surface area contributed by atoms with E-state index < -0.39 is 0 Å². The highest BCUT2D eigenvalue weighted by atomic mass is 16.0. The molecule has 0 fully saturated rings. The standard InChI is InChI=1S/C23H41N.H2O/c1-3-24(4-2)22-18-13-11-9-7-5-6-8-10-12-15-19-23-20-16-14-17-21-23;/h14,16-17,20-21H,3-13,15,18-19,22H2,1-2H3;1H2. The van der Waals surface area contributed by atoms with Gasteiger partial charge < -0.3 is 10.4 Å². The molecule has 2 nitrogen and oxygen atoms in total. The third-order valence-corrected chi connectivity index (χ3v) is 5.18. The molecule has 0 aliphatic rings. The molecule has 0 unspecified atom stereocenters. The second-order valence-corrected chi connectivity index (χ2v) is 7.15. The fourth-order valence-electron chi connectivity index (χ4n) is 3.44. The number of aryl methyl sites for hydroxylation is 1. The lowest BCUT2D eigenvalue weighted by Crippen LogP contribution is -2.23. The molecule has 0 saturated heterocycles. The van der Waals surface area contributed by atoms with Crippen LogP contribution in [-0.4, -0.2) is 30.0 Å². The summed E-state index contributed by atoms with van der Waals surface area (Å²) < 4.78 is 0. The molecule has 0 amide bonds. The zero-order valence-electron chi connectivity index (χ0n) is 16.9. The van der Waals surface area contributed by atoms with Crippen molar-refractivity contribution in [2.75, 3.05) is 19.6 Å². The van der Waals surface area contributed by atoms with Gasteiger partial charge in [0.2, 0.25) is 0 Å². The van der Waals surface area contributed by atoms with E-state index in [0.29, 0.717) is 0 Å².